The van der Waals surface area contributed by atoms with E-state index < -0.39 is 31.8 Å². The van der Waals surface area contributed by atoms with Crippen LogP contribution in [-0.4, -0.2) is 93.7 Å². The van der Waals surface area contributed by atoms with Gasteiger partial charge < -0.3 is 40.9 Å². The maximum atomic E-state index is 8.50. The van der Waals surface area contributed by atoms with Crippen molar-refractivity contribution in [2.75, 3.05) is 52.9 Å². The van der Waals surface area contributed by atoms with Crippen molar-refractivity contribution < 1.29 is 40.9 Å². The highest BCUT2D eigenvalue weighted by atomic mass is 16.3. The maximum absolute atomic E-state index is 8.50. The van der Waals surface area contributed by atoms with E-state index in [-0.39, 0.29) is 26.4 Å². The molecule has 8 N–H and O–H groups in total. The van der Waals surface area contributed by atoms with Gasteiger partial charge in [0, 0.05) is 0 Å². The van der Waals surface area contributed by atoms with Crippen molar-refractivity contribution in [2.24, 2.45) is 5.41 Å². The third kappa shape index (κ3) is 15.7. The Morgan fingerprint density at radius 3 is 0.588 bits per heavy atom. The molecule has 0 aliphatic carbocycles. The molecule has 0 saturated heterocycles. The molecule has 0 unspecified atom stereocenters. The molecule has 0 aliphatic rings. The summed E-state index contributed by atoms with van der Waals surface area (Å²) in [6.45, 7) is -2.12. The fourth-order valence-corrected chi connectivity index (χ4v) is 0.300. The summed E-state index contributed by atoms with van der Waals surface area (Å²) in [5, 5.41) is 64.5. The third-order valence-corrected chi connectivity index (χ3v) is 1.54. The van der Waals surface area contributed by atoms with Gasteiger partial charge in [-0.2, -0.15) is 0 Å². The fraction of sp³-hybridized carbons (Fsp3) is 1.00. The molecule has 0 aromatic carbocycles. The van der Waals surface area contributed by atoms with Crippen LogP contribution in [-0.2, 0) is 0 Å². The maximum Gasteiger partial charge on any atom is 0.0662 e. The van der Waals surface area contributed by atoms with Gasteiger partial charge in [-0.05, 0) is 0 Å². The molecule has 0 rings (SSSR count). The lowest BCUT2D eigenvalue weighted by Gasteiger charge is -2.23. The first-order valence-electron chi connectivity index (χ1n) is 4.94. The second-order valence-electron chi connectivity index (χ2n) is 3.03. The summed E-state index contributed by atoms with van der Waals surface area (Å²) in [5.74, 6) is 0. The molecule has 0 aromatic heterocycles. The molecule has 0 saturated carbocycles. The SMILES string of the molecule is OCC(CO)(CO)CO.OCCO.OCCO. The van der Waals surface area contributed by atoms with E-state index in [2.05, 4.69) is 0 Å². The highest BCUT2D eigenvalue weighted by Gasteiger charge is 2.26. The lowest BCUT2D eigenvalue weighted by molar-refractivity contribution is -0.0328. The van der Waals surface area contributed by atoms with Gasteiger partial charge in [0.1, 0.15) is 0 Å². The monoisotopic (exact) mass is 260 g/mol. The summed E-state index contributed by atoms with van der Waals surface area (Å²) in [6, 6.07) is 0. The van der Waals surface area contributed by atoms with Gasteiger partial charge in [-0.15, -0.1) is 0 Å². The van der Waals surface area contributed by atoms with E-state index in [1.807, 2.05) is 0 Å². The van der Waals surface area contributed by atoms with E-state index in [4.69, 9.17) is 40.9 Å². The van der Waals surface area contributed by atoms with Gasteiger partial charge in [0.2, 0.25) is 0 Å². The largest absolute Gasteiger partial charge is 0.396 e. The third-order valence-electron chi connectivity index (χ3n) is 1.54. The molecule has 108 valence electrons. The van der Waals surface area contributed by atoms with E-state index in [0.29, 0.717) is 0 Å². The lowest BCUT2D eigenvalue weighted by Crippen LogP contribution is -2.37. The minimum atomic E-state index is -1.11. The van der Waals surface area contributed by atoms with Gasteiger partial charge in [-0.3, -0.25) is 0 Å². The minimum absolute atomic E-state index is 0.125. The molecule has 0 spiro atoms. The van der Waals surface area contributed by atoms with Gasteiger partial charge in [0.05, 0.1) is 58.3 Å². The van der Waals surface area contributed by atoms with Crippen molar-refractivity contribution >= 4 is 0 Å². The van der Waals surface area contributed by atoms with Crippen LogP contribution in [0.2, 0.25) is 0 Å². The molecule has 0 fully saturated rings. The zero-order chi connectivity index (χ0) is 14.2. The standard InChI is InChI=1S/C5H12O4.2C2H6O2/c6-1-5(2-7,3-8)4-9;2*3-1-2-4/h6-9H,1-4H2;2*3-4H,1-2H2. The van der Waals surface area contributed by atoms with Crippen molar-refractivity contribution in [3.63, 3.8) is 0 Å². The Balaban J connectivity index is -0.000000205. The van der Waals surface area contributed by atoms with Crippen LogP contribution in [0.25, 0.3) is 0 Å². The number of aliphatic hydroxyl groups excluding tert-OH is 8. The molecule has 0 aromatic rings. The molecule has 0 aliphatic heterocycles. The highest BCUT2D eigenvalue weighted by Crippen LogP contribution is 2.11. The van der Waals surface area contributed by atoms with Crippen molar-refractivity contribution in [3.8, 4) is 0 Å². The average molecular weight is 260 g/mol. The van der Waals surface area contributed by atoms with E-state index in [1.165, 1.54) is 0 Å². The van der Waals surface area contributed by atoms with Gasteiger partial charge >= 0.3 is 0 Å². The molecule has 8 nitrogen and oxygen atoms in total. The topological polar surface area (TPSA) is 162 Å². The highest BCUT2D eigenvalue weighted by molar-refractivity contribution is 4.74. The van der Waals surface area contributed by atoms with Crippen LogP contribution >= 0.6 is 0 Å². The normalized spacial score (nSPS) is 9.88. The summed E-state index contributed by atoms with van der Waals surface area (Å²) < 4.78 is 0. The average Bonchev–Trinajstić information content (AvgIpc) is 2.42. The van der Waals surface area contributed by atoms with Crippen LogP contribution < -0.4 is 0 Å². The molecule has 0 radical (unpaired) electrons. The zero-order valence-electron chi connectivity index (χ0n) is 9.73. The van der Waals surface area contributed by atoms with Crippen LogP contribution in [0.5, 0.6) is 0 Å². The second-order valence-corrected chi connectivity index (χ2v) is 3.03. The first-order chi connectivity index (χ1) is 8.07. The first-order valence-corrected chi connectivity index (χ1v) is 4.94. The number of hydrogen-bond donors (Lipinski definition) is 8. The predicted molar refractivity (Wildman–Crippen MR) is 59.1 cm³/mol. The van der Waals surface area contributed by atoms with E-state index >= 15 is 0 Å². The molecule has 0 amide bonds. The van der Waals surface area contributed by atoms with Gasteiger partial charge in [0.25, 0.3) is 0 Å². The Morgan fingerprint density at radius 2 is 0.588 bits per heavy atom. The van der Waals surface area contributed by atoms with Crippen LogP contribution in [0.15, 0.2) is 0 Å². The zero-order valence-corrected chi connectivity index (χ0v) is 9.73. The first kappa shape index (κ1) is 21.9. The number of rotatable bonds is 6. The van der Waals surface area contributed by atoms with Gasteiger partial charge in [-0.25, -0.2) is 0 Å². The minimum Gasteiger partial charge on any atom is -0.396 e. The van der Waals surface area contributed by atoms with E-state index in [1.54, 1.807) is 0 Å². The number of hydrogen-bond acceptors (Lipinski definition) is 8. The van der Waals surface area contributed by atoms with Crippen molar-refractivity contribution in [1.82, 2.24) is 0 Å². The van der Waals surface area contributed by atoms with Crippen molar-refractivity contribution in [1.29, 1.82) is 0 Å². The summed E-state index contributed by atoms with van der Waals surface area (Å²) in [4.78, 5) is 0. The van der Waals surface area contributed by atoms with Crippen molar-refractivity contribution in [3.05, 3.63) is 0 Å². The van der Waals surface area contributed by atoms with Crippen LogP contribution in [0.3, 0.4) is 0 Å². The van der Waals surface area contributed by atoms with Crippen LogP contribution in [0, 0.1) is 5.41 Å². The summed E-state index contributed by atoms with van der Waals surface area (Å²) >= 11 is 0. The lowest BCUT2D eigenvalue weighted by atomic mass is 9.93. The summed E-state index contributed by atoms with van der Waals surface area (Å²) in [5.41, 5.74) is -1.11. The molecule has 8 heteroatoms. The molecular formula is C9H24O8. The molecular weight excluding hydrogens is 236 g/mol. The summed E-state index contributed by atoms with van der Waals surface area (Å²) in [6.07, 6.45) is 0. The quantitative estimate of drug-likeness (QED) is 0.239. The Labute approximate surface area is 100 Å². The van der Waals surface area contributed by atoms with E-state index in [9.17, 15) is 0 Å². The number of aliphatic hydroxyl groups is 8. The Kier molecular flexibility index (Phi) is 23.3. The van der Waals surface area contributed by atoms with Crippen molar-refractivity contribution in [2.45, 2.75) is 0 Å². The molecule has 0 bridgehead atoms. The predicted octanol–water partition coefficient (Wildman–Crippen LogP) is -4.12. The van der Waals surface area contributed by atoms with Crippen LogP contribution in [0.1, 0.15) is 0 Å². The Morgan fingerprint density at radius 1 is 0.412 bits per heavy atom. The van der Waals surface area contributed by atoms with Crippen LogP contribution in [0.4, 0.5) is 0 Å². The second kappa shape index (κ2) is 18.1. The van der Waals surface area contributed by atoms with E-state index in [0.717, 1.165) is 0 Å². The fourth-order valence-electron chi connectivity index (χ4n) is 0.300. The summed E-state index contributed by atoms with van der Waals surface area (Å²) in [7, 11) is 0. The van der Waals surface area contributed by atoms with Gasteiger partial charge in [0.15, 0.2) is 0 Å². The molecule has 0 atom stereocenters. The Hall–Kier alpha value is -0.320. The Bertz CT molecular complexity index is 92.1. The van der Waals surface area contributed by atoms with Gasteiger partial charge in [-0.1, -0.05) is 0 Å². The molecule has 0 heterocycles. The molecule has 17 heavy (non-hydrogen) atoms. The smallest absolute Gasteiger partial charge is 0.0662 e.